The molecule has 7 heteroatoms. The molecule has 0 saturated carbocycles. The van der Waals surface area contributed by atoms with Gasteiger partial charge in [0.05, 0.1) is 17.0 Å². The first-order valence-corrected chi connectivity index (χ1v) is 11.8. The van der Waals surface area contributed by atoms with Crippen LogP contribution in [0.25, 0.3) is 0 Å². The Labute approximate surface area is 188 Å². The number of aryl methyl sites for hydroxylation is 1. The number of rotatable bonds is 6. The molecule has 3 aromatic carbocycles. The molecule has 2 atom stereocenters. The van der Waals surface area contributed by atoms with Gasteiger partial charge in [0.2, 0.25) is 15.9 Å². The van der Waals surface area contributed by atoms with E-state index in [0.717, 1.165) is 16.0 Å². The average molecular weight is 449 g/mol. The molecule has 4 rings (SSSR count). The van der Waals surface area contributed by atoms with Gasteiger partial charge in [-0.3, -0.25) is 9.59 Å². The van der Waals surface area contributed by atoms with Crippen LogP contribution in [0.3, 0.4) is 0 Å². The molecule has 2 amide bonds. The second-order valence-electron chi connectivity index (χ2n) is 7.86. The molecule has 0 bridgehead atoms. The summed E-state index contributed by atoms with van der Waals surface area (Å²) in [4.78, 5) is 27.4. The van der Waals surface area contributed by atoms with Crippen LogP contribution in [-0.4, -0.2) is 30.6 Å². The monoisotopic (exact) mass is 448 g/mol. The standard InChI is InChI=1S/C25H24N2O4S/c1-18-13-15-22(16-14-18)32(30,31)27(19(2)20-9-5-3-6-10-20)23-17-24(28)26(25(23)29)21-11-7-4-8-12-21/h3-16,19,23H,17H2,1-2H3. The zero-order chi connectivity index (χ0) is 22.9. The van der Waals surface area contributed by atoms with E-state index in [2.05, 4.69) is 0 Å². The number of nitrogens with zero attached hydrogens (tertiary/aromatic N) is 2. The largest absolute Gasteiger partial charge is 0.274 e. The lowest BCUT2D eigenvalue weighted by atomic mass is 10.1. The summed E-state index contributed by atoms with van der Waals surface area (Å²) in [6.07, 6.45) is -0.212. The van der Waals surface area contributed by atoms with Gasteiger partial charge in [-0.2, -0.15) is 4.31 Å². The number of anilines is 1. The number of amides is 2. The van der Waals surface area contributed by atoms with E-state index >= 15 is 0 Å². The second-order valence-corrected chi connectivity index (χ2v) is 9.70. The molecule has 1 heterocycles. The molecule has 1 aliphatic rings. The lowest BCUT2D eigenvalue weighted by Crippen LogP contribution is -2.46. The molecule has 3 aromatic rings. The van der Waals surface area contributed by atoms with E-state index in [0.29, 0.717) is 5.69 Å². The minimum absolute atomic E-state index is 0.0873. The maximum absolute atomic E-state index is 13.8. The van der Waals surface area contributed by atoms with Crippen LogP contribution in [0.2, 0.25) is 0 Å². The fraction of sp³-hybridized carbons (Fsp3) is 0.200. The highest BCUT2D eigenvalue weighted by molar-refractivity contribution is 7.89. The molecule has 1 aliphatic heterocycles. The molecule has 1 saturated heterocycles. The summed E-state index contributed by atoms with van der Waals surface area (Å²) in [5.41, 5.74) is 2.10. The summed E-state index contributed by atoms with van der Waals surface area (Å²) in [6, 6.07) is 22.4. The van der Waals surface area contributed by atoms with Crippen molar-refractivity contribution in [2.45, 2.75) is 37.2 Å². The van der Waals surface area contributed by atoms with Gasteiger partial charge >= 0.3 is 0 Å². The number of hydrogen-bond acceptors (Lipinski definition) is 4. The molecule has 6 nitrogen and oxygen atoms in total. The Hall–Kier alpha value is -3.29. The van der Waals surface area contributed by atoms with Crippen LogP contribution in [0.1, 0.15) is 30.5 Å². The quantitative estimate of drug-likeness (QED) is 0.533. The summed E-state index contributed by atoms with van der Waals surface area (Å²) < 4.78 is 28.8. The summed E-state index contributed by atoms with van der Waals surface area (Å²) in [5.74, 6) is -0.963. The van der Waals surface area contributed by atoms with Gasteiger partial charge in [0, 0.05) is 6.04 Å². The molecule has 32 heavy (non-hydrogen) atoms. The predicted octanol–water partition coefficient (Wildman–Crippen LogP) is 4.08. The summed E-state index contributed by atoms with van der Waals surface area (Å²) in [7, 11) is -4.08. The third kappa shape index (κ3) is 3.97. The number of hydrogen-bond donors (Lipinski definition) is 0. The van der Waals surface area contributed by atoms with Crippen LogP contribution in [0.15, 0.2) is 89.8 Å². The normalized spacial score (nSPS) is 17.7. The van der Waals surface area contributed by atoms with Crippen molar-refractivity contribution in [2.24, 2.45) is 0 Å². The predicted molar refractivity (Wildman–Crippen MR) is 122 cm³/mol. The molecule has 1 fully saturated rings. The van der Waals surface area contributed by atoms with Crippen LogP contribution < -0.4 is 4.90 Å². The van der Waals surface area contributed by atoms with Crippen molar-refractivity contribution in [1.29, 1.82) is 0 Å². The van der Waals surface area contributed by atoms with E-state index < -0.39 is 33.9 Å². The van der Waals surface area contributed by atoms with Crippen LogP contribution in [0.5, 0.6) is 0 Å². The molecular weight excluding hydrogens is 424 g/mol. The molecule has 0 spiro atoms. The topological polar surface area (TPSA) is 74.8 Å². The van der Waals surface area contributed by atoms with Gasteiger partial charge < -0.3 is 0 Å². The van der Waals surface area contributed by atoms with E-state index in [1.54, 1.807) is 49.4 Å². The van der Waals surface area contributed by atoms with Crippen LogP contribution in [0.4, 0.5) is 5.69 Å². The molecule has 0 aromatic heterocycles. The van der Waals surface area contributed by atoms with E-state index in [-0.39, 0.29) is 11.3 Å². The maximum atomic E-state index is 13.8. The van der Waals surface area contributed by atoms with Crippen molar-refractivity contribution >= 4 is 27.5 Å². The minimum atomic E-state index is -4.08. The Morgan fingerprint density at radius 2 is 1.44 bits per heavy atom. The van der Waals surface area contributed by atoms with E-state index in [4.69, 9.17) is 0 Å². The first kappa shape index (κ1) is 21.9. The van der Waals surface area contributed by atoms with Gasteiger partial charge in [0.15, 0.2) is 0 Å². The second kappa shape index (κ2) is 8.68. The fourth-order valence-electron chi connectivity index (χ4n) is 4.02. The number of imide groups is 1. The first-order valence-electron chi connectivity index (χ1n) is 10.4. The van der Waals surface area contributed by atoms with Gasteiger partial charge in [-0.25, -0.2) is 13.3 Å². The summed E-state index contributed by atoms with van der Waals surface area (Å²) in [5, 5.41) is 0. The molecule has 164 valence electrons. The number of carbonyl (C=O) groups excluding carboxylic acids is 2. The van der Waals surface area contributed by atoms with Gasteiger partial charge in [-0.05, 0) is 43.7 Å². The van der Waals surface area contributed by atoms with E-state index in [1.165, 1.54) is 16.4 Å². The van der Waals surface area contributed by atoms with Crippen molar-refractivity contribution < 1.29 is 18.0 Å². The highest BCUT2D eigenvalue weighted by atomic mass is 32.2. The van der Waals surface area contributed by atoms with Crippen LogP contribution in [-0.2, 0) is 19.6 Å². The first-order chi connectivity index (χ1) is 15.3. The van der Waals surface area contributed by atoms with E-state index in [9.17, 15) is 18.0 Å². The smallest absolute Gasteiger partial charge is 0.252 e. The van der Waals surface area contributed by atoms with Crippen molar-refractivity contribution in [1.82, 2.24) is 4.31 Å². The SMILES string of the molecule is Cc1ccc(S(=O)(=O)N(C2CC(=O)N(c3ccccc3)C2=O)C(C)c2ccccc2)cc1. The Morgan fingerprint density at radius 1 is 0.875 bits per heavy atom. The van der Waals surface area contributed by atoms with Gasteiger partial charge in [0.1, 0.15) is 6.04 Å². The van der Waals surface area contributed by atoms with Gasteiger partial charge in [0.25, 0.3) is 5.91 Å². The summed E-state index contributed by atoms with van der Waals surface area (Å²) >= 11 is 0. The maximum Gasteiger partial charge on any atom is 0.252 e. The third-order valence-corrected chi connectivity index (χ3v) is 7.70. The fourth-order valence-corrected chi connectivity index (χ4v) is 5.78. The minimum Gasteiger partial charge on any atom is -0.274 e. The Balaban J connectivity index is 1.80. The molecule has 0 aliphatic carbocycles. The van der Waals surface area contributed by atoms with Crippen molar-refractivity contribution in [3.63, 3.8) is 0 Å². The number of benzene rings is 3. The van der Waals surface area contributed by atoms with Gasteiger partial charge in [-0.1, -0.05) is 66.2 Å². The van der Waals surface area contributed by atoms with Crippen molar-refractivity contribution in [3.8, 4) is 0 Å². The van der Waals surface area contributed by atoms with Crippen LogP contribution in [0, 0.1) is 6.92 Å². The van der Waals surface area contributed by atoms with Crippen LogP contribution >= 0.6 is 0 Å². The lowest BCUT2D eigenvalue weighted by Gasteiger charge is -2.32. The van der Waals surface area contributed by atoms with Crippen molar-refractivity contribution in [2.75, 3.05) is 4.90 Å². The zero-order valence-corrected chi connectivity index (χ0v) is 18.7. The molecular formula is C25H24N2O4S. The van der Waals surface area contributed by atoms with E-state index in [1.807, 2.05) is 37.3 Å². The highest BCUT2D eigenvalue weighted by Crippen LogP contribution is 2.35. The Morgan fingerprint density at radius 3 is 2.03 bits per heavy atom. The Kier molecular flexibility index (Phi) is 5.95. The van der Waals surface area contributed by atoms with Crippen molar-refractivity contribution in [3.05, 3.63) is 96.1 Å². The lowest BCUT2D eigenvalue weighted by molar-refractivity contribution is -0.122. The number of carbonyl (C=O) groups is 2. The number of para-hydroxylation sites is 1. The Bertz CT molecular complexity index is 1230. The summed E-state index contributed by atoms with van der Waals surface area (Å²) in [6.45, 7) is 3.61. The third-order valence-electron chi connectivity index (χ3n) is 5.70. The van der Waals surface area contributed by atoms with Gasteiger partial charge in [-0.15, -0.1) is 0 Å². The average Bonchev–Trinajstić information content (AvgIpc) is 3.08. The number of sulfonamides is 1. The molecule has 2 unspecified atom stereocenters. The highest BCUT2D eigenvalue weighted by Gasteiger charge is 2.48. The zero-order valence-electron chi connectivity index (χ0n) is 17.9. The molecule has 0 radical (unpaired) electrons. The molecule has 0 N–H and O–H groups in total.